The molecule has 1 fully saturated rings. The molecule has 6 nitrogen and oxygen atoms in total. The minimum atomic E-state index is -0.214. The first-order chi connectivity index (χ1) is 12.5. The molecule has 0 unspecified atom stereocenters. The topological polar surface area (TPSA) is 63.7 Å². The van der Waals surface area contributed by atoms with Gasteiger partial charge in [0, 0.05) is 35.9 Å². The van der Waals surface area contributed by atoms with Crippen LogP contribution in [-0.2, 0) is 4.74 Å². The van der Waals surface area contributed by atoms with Crippen molar-refractivity contribution in [3.05, 3.63) is 30.0 Å². The fourth-order valence-corrected chi connectivity index (χ4v) is 3.34. The Labute approximate surface area is 154 Å². The van der Waals surface area contributed by atoms with Crippen molar-refractivity contribution in [1.82, 2.24) is 9.88 Å². The maximum absolute atomic E-state index is 12.0. The van der Waals surface area contributed by atoms with Crippen molar-refractivity contribution in [1.29, 1.82) is 0 Å². The number of benzene rings is 1. The summed E-state index contributed by atoms with van der Waals surface area (Å²) in [4.78, 5) is 18.4. The van der Waals surface area contributed by atoms with Gasteiger partial charge in [-0.15, -0.1) is 0 Å². The number of pyridine rings is 1. The number of amides is 1. The summed E-state index contributed by atoms with van der Waals surface area (Å²) in [7, 11) is 1.66. The third-order valence-corrected chi connectivity index (χ3v) is 4.60. The number of methoxy groups -OCH3 is 1. The van der Waals surface area contributed by atoms with E-state index >= 15 is 0 Å². The second-order valence-electron chi connectivity index (χ2n) is 7.01. The van der Waals surface area contributed by atoms with Crippen LogP contribution < -0.4 is 10.1 Å². The molecular weight excluding hydrogens is 330 g/mol. The molecule has 2 heterocycles. The molecule has 0 bridgehead atoms. The van der Waals surface area contributed by atoms with E-state index in [0.29, 0.717) is 19.1 Å². The van der Waals surface area contributed by atoms with Gasteiger partial charge in [-0.25, -0.2) is 9.78 Å². The summed E-state index contributed by atoms with van der Waals surface area (Å²) in [6.07, 6.45) is 1.48. The van der Waals surface area contributed by atoms with Crippen molar-refractivity contribution in [3.63, 3.8) is 0 Å². The molecule has 1 saturated heterocycles. The van der Waals surface area contributed by atoms with Gasteiger partial charge < -0.3 is 19.7 Å². The molecule has 6 heteroatoms. The molecule has 1 amide bonds. The van der Waals surface area contributed by atoms with Crippen LogP contribution in [0.15, 0.2) is 24.3 Å². The molecule has 1 aliphatic heterocycles. The molecule has 3 rings (SSSR count). The highest BCUT2D eigenvalue weighted by atomic mass is 16.6. The molecule has 1 N–H and O–H groups in total. The van der Waals surface area contributed by atoms with Crippen molar-refractivity contribution in [3.8, 4) is 5.75 Å². The lowest BCUT2D eigenvalue weighted by Gasteiger charge is -2.33. The zero-order valence-electron chi connectivity index (χ0n) is 15.9. The average Bonchev–Trinajstić information content (AvgIpc) is 2.61. The van der Waals surface area contributed by atoms with E-state index < -0.39 is 0 Å². The Morgan fingerprint density at radius 2 is 2.04 bits per heavy atom. The number of nitrogens with one attached hydrogen (secondary N) is 1. The standard InChI is InChI=1S/C20H27N3O3/c1-13(2)26-20(24)23-10-8-15(9-11-23)22-17-12-14(3)21-19-16(17)6-5-7-18(19)25-4/h5-7,12-13,15H,8-11H2,1-4H3,(H,21,22). The first kappa shape index (κ1) is 18.3. The SMILES string of the molecule is COc1cccc2c(NC3CCN(C(=O)OC(C)C)CC3)cc(C)nc12. The summed E-state index contributed by atoms with van der Waals surface area (Å²) >= 11 is 0. The van der Waals surface area contributed by atoms with E-state index in [9.17, 15) is 4.79 Å². The third-order valence-electron chi connectivity index (χ3n) is 4.60. The summed E-state index contributed by atoms with van der Waals surface area (Å²) in [5, 5.41) is 4.69. The van der Waals surface area contributed by atoms with Crippen LogP contribution in [0.3, 0.4) is 0 Å². The number of rotatable bonds is 4. The number of hydrogen-bond acceptors (Lipinski definition) is 5. The molecule has 1 aliphatic rings. The van der Waals surface area contributed by atoms with E-state index in [1.165, 1.54) is 0 Å². The Balaban J connectivity index is 1.72. The predicted molar refractivity (Wildman–Crippen MR) is 103 cm³/mol. The number of aromatic nitrogens is 1. The minimum Gasteiger partial charge on any atom is -0.494 e. The summed E-state index contributed by atoms with van der Waals surface area (Å²) < 4.78 is 10.7. The van der Waals surface area contributed by atoms with Crippen molar-refractivity contribution >= 4 is 22.7 Å². The van der Waals surface area contributed by atoms with Gasteiger partial charge in [0.25, 0.3) is 0 Å². The van der Waals surface area contributed by atoms with Gasteiger partial charge in [-0.2, -0.15) is 0 Å². The lowest BCUT2D eigenvalue weighted by molar-refractivity contribution is 0.0701. The Kier molecular flexibility index (Phi) is 5.49. The fourth-order valence-electron chi connectivity index (χ4n) is 3.34. The molecule has 0 aliphatic carbocycles. The van der Waals surface area contributed by atoms with E-state index in [0.717, 1.165) is 40.9 Å². The third kappa shape index (κ3) is 4.00. The summed E-state index contributed by atoms with van der Waals surface area (Å²) in [6, 6.07) is 8.35. The molecule has 0 saturated carbocycles. The van der Waals surface area contributed by atoms with Crippen LogP contribution in [0.25, 0.3) is 10.9 Å². The van der Waals surface area contributed by atoms with Crippen LogP contribution in [0.2, 0.25) is 0 Å². The van der Waals surface area contributed by atoms with Crippen LogP contribution in [-0.4, -0.2) is 48.3 Å². The molecule has 1 aromatic heterocycles. The van der Waals surface area contributed by atoms with Gasteiger partial charge in [0.2, 0.25) is 0 Å². The van der Waals surface area contributed by atoms with Crippen molar-refractivity contribution < 1.29 is 14.3 Å². The number of para-hydroxylation sites is 1. The molecule has 0 radical (unpaired) electrons. The zero-order valence-corrected chi connectivity index (χ0v) is 15.9. The first-order valence-electron chi connectivity index (χ1n) is 9.14. The number of carbonyl (C=O) groups is 1. The van der Waals surface area contributed by atoms with Crippen LogP contribution in [0, 0.1) is 6.92 Å². The lowest BCUT2D eigenvalue weighted by Crippen LogP contribution is -2.43. The second kappa shape index (κ2) is 7.81. The largest absolute Gasteiger partial charge is 0.494 e. The summed E-state index contributed by atoms with van der Waals surface area (Å²) in [5.41, 5.74) is 2.88. The van der Waals surface area contributed by atoms with Gasteiger partial charge in [-0.05, 0) is 45.7 Å². The normalized spacial score (nSPS) is 15.3. The highest BCUT2D eigenvalue weighted by Crippen LogP contribution is 2.31. The molecule has 1 aromatic carbocycles. The molecule has 2 aromatic rings. The number of nitrogens with zero attached hydrogens (tertiary/aromatic N) is 2. The molecule has 140 valence electrons. The Morgan fingerprint density at radius 1 is 1.31 bits per heavy atom. The maximum Gasteiger partial charge on any atom is 0.410 e. The highest BCUT2D eigenvalue weighted by molar-refractivity contribution is 5.95. The average molecular weight is 357 g/mol. The van der Waals surface area contributed by atoms with Gasteiger partial charge in [0.15, 0.2) is 0 Å². The maximum atomic E-state index is 12.0. The van der Waals surface area contributed by atoms with Gasteiger partial charge >= 0.3 is 6.09 Å². The number of ether oxygens (including phenoxy) is 2. The predicted octanol–water partition coefficient (Wildman–Crippen LogP) is 3.97. The van der Waals surface area contributed by atoms with Gasteiger partial charge in [0.05, 0.1) is 13.2 Å². The van der Waals surface area contributed by atoms with E-state index in [-0.39, 0.29) is 12.2 Å². The number of aryl methyl sites for hydroxylation is 1. The van der Waals surface area contributed by atoms with Crippen LogP contribution in [0.4, 0.5) is 10.5 Å². The molecule has 26 heavy (non-hydrogen) atoms. The number of likely N-dealkylation sites (tertiary alicyclic amines) is 1. The Morgan fingerprint density at radius 3 is 2.69 bits per heavy atom. The summed E-state index contributed by atoms with van der Waals surface area (Å²) in [5.74, 6) is 0.778. The Hall–Kier alpha value is -2.50. The lowest BCUT2D eigenvalue weighted by atomic mass is 10.0. The first-order valence-corrected chi connectivity index (χ1v) is 9.14. The summed E-state index contributed by atoms with van der Waals surface area (Å²) in [6.45, 7) is 7.14. The Bertz CT molecular complexity index is 783. The second-order valence-corrected chi connectivity index (χ2v) is 7.01. The number of hydrogen-bond donors (Lipinski definition) is 1. The van der Waals surface area contributed by atoms with Crippen LogP contribution >= 0.6 is 0 Å². The van der Waals surface area contributed by atoms with Crippen molar-refractivity contribution in [2.75, 3.05) is 25.5 Å². The number of carbonyl (C=O) groups excluding carboxylic acids is 1. The van der Waals surface area contributed by atoms with Gasteiger partial charge in [-0.1, -0.05) is 12.1 Å². The monoisotopic (exact) mass is 357 g/mol. The van der Waals surface area contributed by atoms with Gasteiger partial charge in [0.1, 0.15) is 11.3 Å². The number of fused-ring (bicyclic) bond motifs is 1. The van der Waals surface area contributed by atoms with Crippen molar-refractivity contribution in [2.45, 2.75) is 45.8 Å². The molecular formula is C20H27N3O3. The van der Waals surface area contributed by atoms with E-state index in [2.05, 4.69) is 22.4 Å². The van der Waals surface area contributed by atoms with E-state index in [1.54, 1.807) is 12.0 Å². The smallest absolute Gasteiger partial charge is 0.410 e. The van der Waals surface area contributed by atoms with E-state index in [1.807, 2.05) is 32.9 Å². The van der Waals surface area contributed by atoms with Crippen LogP contribution in [0.1, 0.15) is 32.4 Å². The zero-order chi connectivity index (χ0) is 18.7. The highest BCUT2D eigenvalue weighted by Gasteiger charge is 2.24. The molecule has 0 atom stereocenters. The minimum absolute atomic E-state index is 0.0838. The van der Waals surface area contributed by atoms with E-state index in [4.69, 9.17) is 9.47 Å². The number of anilines is 1. The van der Waals surface area contributed by atoms with Crippen LogP contribution in [0.5, 0.6) is 5.75 Å². The quantitative estimate of drug-likeness (QED) is 0.897. The molecule has 0 spiro atoms. The van der Waals surface area contributed by atoms with Gasteiger partial charge in [-0.3, -0.25) is 0 Å². The van der Waals surface area contributed by atoms with Crippen molar-refractivity contribution in [2.24, 2.45) is 0 Å². The fraction of sp³-hybridized carbons (Fsp3) is 0.500. The number of piperidine rings is 1.